The molecule has 0 fully saturated rings. The molecule has 1 heterocycles. The lowest BCUT2D eigenvalue weighted by Crippen LogP contribution is -2.45. The molecule has 2 aromatic carbocycles. The molecule has 0 aliphatic carbocycles. The molecule has 1 aliphatic rings. The van der Waals surface area contributed by atoms with Crippen molar-refractivity contribution in [2.75, 3.05) is 10.1 Å². The van der Waals surface area contributed by atoms with Gasteiger partial charge >= 0.3 is 12.1 Å². The summed E-state index contributed by atoms with van der Waals surface area (Å²) in [6, 6.07) is 5.97. The number of thioether (sulfide) groups is 1. The van der Waals surface area contributed by atoms with E-state index in [0.29, 0.717) is 6.92 Å². The van der Waals surface area contributed by atoms with Gasteiger partial charge < -0.3 is 10.2 Å². The summed E-state index contributed by atoms with van der Waals surface area (Å²) in [4.78, 5) is 11.1. The molecule has 2 N–H and O–H groups in total. The molecule has 6 nitrogen and oxygen atoms in total. The summed E-state index contributed by atoms with van der Waals surface area (Å²) in [5, 5.41) is 19.2. The molecular weight excluding hydrogens is 462 g/mol. The van der Waals surface area contributed by atoms with Gasteiger partial charge in [-0.3, -0.25) is 9.10 Å². The van der Waals surface area contributed by atoms with E-state index in [1.807, 2.05) is 0 Å². The molecule has 0 amide bonds. The number of hydrogen-bond donors (Lipinski definition) is 2. The van der Waals surface area contributed by atoms with Crippen molar-refractivity contribution in [3.05, 3.63) is 53.8 Å². The number of sulfonamides is 1. The zero-order valence-electron chi connectivity index (χ0n) is 15.9. The Morgan fingerprint density at radius 3 is 2.35 bits per heavy atom. The van der Waals surface area contributed by atoms with Gasteiger partial charge in [-0.05, 0) is 48.9 Å². The molecule has 2 atom stereocenters. The molecule has 2 aromatic rings. The van der Waals surface area contributed by atoms with Crippen molar-refractivity contribution >= 4 is 33.4 Å². The van der Waals surface area contributed by atoms with Gasteiger partial charge in [0.2, 0.25) is 0 Å². The summed E-state index contributed by atoms with van der Waals surface area (Å²) in [6.45, 7) is 0.586. The van der Waals surface area contributed by atoms with Crippen molar-refractivity contribution in [1.82, 2.24) is 0 Å². The highest BCUT2D eigenvalue weighted by atomic mass is 32.2. The Hall–Kier alpha value is -2.31. The summed E-state index contributed by atoms with van der Waals surface area (Å²) < 4.78 is 80.3. The third-order valence-corrected chi connectivity index (χ3v) is 7.92. The third kappa shape index (κ3) is 4.37. The molecule has 3 rings (SSSR count). The van der Waals surface area contributed by atoms with Crippen LogP contribution >= 0.6 is 11.8 Å². The lowest BCUT2D eigenvalue weighted by Gasteiger charge is -2.37. The molecule has 168 valence electrons. The fraction of sp³-hybridized carbons (Fsp3) is 0.316. The Bertz CT molecular complexity index is 1100. The van der Waals surface area contributed by atoms with Crippen molar-refractivity contribution in [1.29, 1.82) is 0 Å². The average molecular weight is 479 g/mol. The van der Waals surface area contributed by atoms with Crippen molar-refractivity contribution in [2.45, 2.75) is 41.0 Å². The first-order chi connectivity index (χ1) is 14.2. The number of rotatable bonds is 5. The summed E-state index contributed by atoms with van der Waals surface area (Å²) in [6.07, 6.45) is -5.51. The quantitative estimate of drug-likeness (QED) is 0.635. The van der Waals surface area contributed by atoms with Crippen LogP contribution in [0.4, 0.5) is 23.2 Å². The fourth-order valence-corrected chi connectivity index (χ4v) is 6.10. The van der Waals surface area contributed by atoms with Crippen LogP contribution in [-0.4, -0.2) is 42.6 Å². The second-order valence-corrected chi connectivity index (χ2v) is 9.95. The number of halogens is 4. The van der Waals surface area contributed by atoms with Gasteiger partial charge in [-0.25, -0.2) is 12.8 Å². The van der Waals surface area contributed by atoms with E-state index in [1.165, 1.54) is 0 Å². The number of aliphatic carboxylic acids is 1. The van der Waals surface area contributed by atoms with Gasteiger partial charge in [0.05, 0.1) is 23.0 Å². The summed E-state index contributed by atoms with van der Waals surface area (Å²) in [5.41, 5.74) is -3.67. The summed E-state index contributed by atoms with van der Waals surface area (Å²) in [5.74, 6) is -1.98. The van der Waals surface area contributed by atoms with Crippen molar-refractivity contribution in [3.63, 3.8) is 0 Å². The van der Waals surface area contributed by atoms with Gasteiger partial charge in [0.1, 0.15) is 5.82 Å². The van der Waals surface area contributed by atoms with Gasteiger partial charge in [0.25, 0.3) is 10.0 Å². The number of aliphatic hydroxyl groups is 1. The fourth-order valence-electron chi connectivity index (χ4n) is 3.12. The van der Waals surface area contributed by atoms with Crippen LogP contribution in [0.3, 0.4) is 0 Å². The average Bonchev–Trinajstić information content (AvgIpc) is 2.66. The van der Waals surface area contributed by atoms with E-state index < -0.39 is 51.6 Å². The Morgan fingerprint density at radius 2 is 1.81 bits per heavy atom. The first kappa shape index (κ1) is 23.4. The number of fused-ring (bicyclic) bond motifs is 1. The normalized spacial score (nSPS) is 18.9. The smallest absolute Gasteiger partial charge is 0.421 e. The standard InChI is InChI=1S/C19H17F4NO5S2/c1-18(27,19(21,22)23)11-2-7-15-16(8-11)30-10-13(9-17(25)26)24(15)31(28,29)14-5-3-12(20)4-6-14/h2-8,13,27H,9-10H2,1H3,(H,25,26). The van der Waals surface area contributed by atoms with Crippen LogP contribution in [0, 0.1) is 5.82 Å². The molecule has 0 radical (unpaired) electrons. The first-order valence-electron chi connectivity index (χ1n) is 8.83. The summed E-state index contributed by atoms with van der Waals surface area (Å²) in [7, 11) is -4.36. The van der Waals surface area contributed by atoms with Gasteiger partial charge in [-0.2, -0.15) is 13.2 Å². The maximum atomic E-state index is 13.3. The topological polar surface area (TPSA) is 94.9 Å². The molecule has 0 bridgehead atoms. The van der Waals surface area contributed by atoms with E-state index in [2.05, 4.69) is 0 Å². The minimum atomic E-state index is -4.97. The van der Waals surface area contributed by atoms with Crippen LogP contribution in [0.25, 0.3) is 0 Å². The van der Waals surface area contributed by atoms with Crippen molar-refractivity contribution < 1.29 is 41.0 Å². The number of carbonyl (C=O) groups is 1. The molecule has 0 spiro atoms. The summed E-state index contributed by atoms with van der Waals surface area (Å²) >= 11 is 0.989. The second-order valence-electron chi connectivity index (χ2n) is 7.07. The van der Waals surface area contributed by atoms with E-state index in [-0.39, 0.29) is 21.2 Å². The molecule has 0 saturated heterocycles. The molecule has 31 heavy (non-hydrogen) atoms. The predicted molar refractivity (Wildman–Crippen MR) is 105 cm³/mol. The van der Waals surface area contributed by atoms with Crippen LogP contribution in [0.2, 0.25) is 0 Å². The van der Waals surface area contributed by atoms with Crippen LogP contribution < -0.4 is 4.31 Å². The Balaban J connectivity index is 2.14. The maximum absolute atomic E-state index is 13.3. The monoisotopic (exact) mass is 479 g/mol. The van der Waals surface area contributed by atoms with E-state index in [1.54, 1.807) is 0 Å². The Morgan fingerprint density at radius 1 is 1.19 bits per heavy atom. The highest BCUT2D eigenvalue weighted by molar-refractivity contribution is 8.00. The van der Waals surface area contributed by atoms with Crippen LogP contribution in [0.1, 0.15) is 18.9 Å². The minimum Gasteiger partial charge on any atom is -0.481 e. The zero-order chi connectivity index (χ0) is 23.2. The zero-order valence-corrected chi connectivity index (χ0v) is 17.6. The highest BCUT2D eigenvalue weighted by Gasteiger charge is 2.51. The number of carboxylic acids is 1. The van der Waals surface area contributed by atoms with E-state index >= 15 is 0 Å². The number of alkyl halides is 3. The molecule has 0 saturated carbocycles. The highest BCUT2D eigenvalue weighted by Crippen LogP contribution is 2.45. The van der Waals surface area contributed by atoms with Crippen LogP contribution in [-0.2, 0) is 20.4 Å². The SMILES string of the molecule is CC(O)(c1ccc2c(c1)SCC(CC(=O)O)N2S(=O)(=O)c1ccc(F)cc1)C(F)(F)F. The van der Waals surface area contributed by atoms with E-state index in [9.17, 15) is 41.0 Å². The lowest BCUT2D eigenvalue weighted by molar-refractivity contribution is -0.258. The minimum absolute atomic E-state index is 0.0199. The Kier molecular flexibility index (Phi) is 6.02. The second kappa shape index (κ2) is 7.99. The largest absolute Gasteiger partial charge is 0.481 e. The van der Waals surface area contributed by atoms with Gasteiger partial charge in [0.15, 0.2) is 5.60 Å². The van der Waals surface area contributed by atoms with Crippen LogP contribution in [0.5, 0.6) is 0 Å². The number of carboxylic acid groups (broad SMARTS) is 1. The lowest BCUT2D eigenvalue weighted by atomic mass is 9.95. The molecule has 0 aromatic heterocycles. The number of hydrogen-bond acceptors (Lipinski definition) is 5. The van der Waals surface area contributed by atoms with Crippen molar-refractivity contribution in [3.8, 4) is 0 Å². The number of nitrogens with zero attached hydrogens (tertiary/aromatic N) is 1. The third-order valence-electron chi connectivity index (χ3n) is 4.85. The van der Waals surface area contributed by atoms with Crippen LogP contribution in [0.15, 0.2) is 52.3 Å². The number of anilines is 1. The maximum Gasteiger partial charge on any atom is 0.421 e. The van der Waals surface area contributed by atoms with Gasteiger partial charge in [-0.15, -0.1) is 11.8 Å². The predicted octanol–water partition coefficient (Wildman–Crippen LogP) is 3.74. The Labute approximate surface area is 179 Å². The molecule has 1 aliphatic heterocycles. The van der Waals surface area contributed by atoms with Gasteiger partial charge in [-0.1, -0.05) is 6.07 Å². The van der Waals surface area contributed by atoms with E-state index in [4.69, 9.17) is 0 Å². The first-order valence-corrected chi connectivity index (χ1v) is 11.3. The molecule has 2 unspecified atom stereocenters. The van der Waals surface area contributed by atoms with Crippen molar-refractivity contribution in [2.24, 2.45) is 0 Å². The molecular formula is C19H17F4NO5S2. The molecule has 12 heteroatoms. The number of benzene rings is 2. The van der Waals surface area contributed by atoms with Gasteiger partial charge in [0, 0.05) is 10.6 Å². The van der Waals surface area contributed by atoms with E-state index in [0.717, 1.165) is 58.5 Å².